The lowest BCUT2D eigenvalue weighted by molar-refractivity contribution is -0.122. The molecule has 0 aliphatic rings. The van der Waals surface area contributed by atoms with Crippen LogP contribution in [0.25, 0.3) is 21.9 Å². The summed E-state index contributed by atoms with van der Waals surface area (Å²) in [5.74, 6) is -0.201. The van der Waals surface area contributed by atoms with Gasteiger partial charge in [-0.3, -0.25) is 14.2 Å². The van der Waals surface area contributed by atoms with Gasteiger partial charge >= 0.3 is 0 Å². The summed E-state index contributed by atoms with van der Waals surface area (Å²) in [5.41, 5.74) is 2.84. The summed E-state index contributed by atoms with van der Waals surface area (Å²) in [7, 11) is 0. The van der Waals surface area contributed by atoms with Crippen molar-refractivity contribution in [3.05, 3.63) is 75.2 Å². The van der Waals surface area contributed by atoms with Crippen LogP contribution in [0.5, 0.6) is 0 Å². The Hall–Kier alpha value is -2.93. The van der Waals surface area contributed by atoms with Crippen LogP contribution in [0.4, 0.5) is 0 Å². The number of aromatic nitrogens is 3. The van der Waals surface area contributed by atoms with Crippen LogP contribution >= 0.6 is 15.9 Å². The number of hydrogen-bond donors (Lipinski definition) is 2. The second kappa shape index (κ2) is 8.21. The van der Waals surface area contributed by atoms with E-state index in [0.717, 1.165) is 28.2 Å². The van der Waals surface area contributed by atoms with Crippen LogP contribution in [0, 0.1) is 0 Å². The molecule has 4 aromatic rings. The molecule has 0 saturated heterocycles. The molecule has 0 bridgehead atoms. The molecule has 0 unspecified atom stereocenters. The van der Waals surface area contributed by atoms with Gasteiger partial charge < -0.3 is 10.3 Å². The summed E-state index contributed by atoms with van der Waals surface area (Å²) in [6.45, 7) is 1.91. The van der Waals surface area contributed by atoms with E-state index in [1.165, 1.54) is 16.5 Å². The quantitative estimate of drug-likeness (QED) is 0.467. The fraction of sp³-hybridized carbons (Fsp3) is 0.227. The summed E-state index contributed by atoms with van der Waals surface area (Å²) >= 11 is 3.44. The Bertz CT molecular complexity index is 1230. The number of benzene rings is 2. The second-order valence-electron chi connectivity index (χ2n) is 7.21. The van der Waals surface area contributed by atoms with Crippen LogP contribution < -0.4 is 10.9 Å². The van der Waals surface area contributed by atoms with Gasteiger partial charge in [0.05, 0.1) is 6.33 Å². The first kappa shape index (κ1) is 19.4. The van der Waals surface area contributed by atoms with Crippen molar-refractivity contribution >= 4 is 43.8 Å². The lowest BCUT2D eigenvalue weighted by atomic mass is 10.1. The van der Waals surface area contributed by atoms with E-state index in [1.54, 1.807) is 0 Å². The van der Waals surface area contributed by atoms with Crippen molar-refractivity contribution in [1.82, 2.24) is 19.9 Å². The van der Waals surface area contributed by atoms with E-state index >= 15 is 0 Å². The van der Waals surface area contributed by atoms with Gasteiger partial charge in [-0.25, -0.2) is 4.98 Å². The van der Waals surface area contributed by atoms with Crippen LogP contribution in [-0.2, 0) is 17.8 Å². The average molecular weight is 453 g/mol. The molecular formula is C22H21BrN4O2. The van der Waals surface area contributed by atoms with E-state index in [0.29, 0.717) is 11.0 Å². The minimum Gasteiger partial charge on any atom is -0.352 e. The lowest BCUT2D eigenvalue weighted by Crippen LogP contribution is -2.37. The topological polar surface area (TPSA) is 79.8 Å². The Morgan fingerprint density at radius 3 is 2.83 bits per heavy atom. The zero-order chi connectivity index (χ0) is 20.4. The molecule has 1 atom stereocenters. The minimum absolute atomic E-state index is 0.0144. The van der Waals surface area contributed by atoms with Crippen LogP contribution in [0.3, 0.4) is 0 Å². The molecule has 29 heavy (non-hydrogen) atoms. The van der Waals surface area contributed by atoms with Gasteiger partial charge in [0.2, 0.25) is 5.91 Å². The van der Waals surface area contributed by atoms with E-state index in [1.807, 2.05) is 43.3 Å². The molecule has 2 aromatic heterocycles. The second-order valence-corrected chi connectivity index (χ2v) is 8.12. The standard InChI is InChI=1S/C22H21BrN4O2/c1-14(7-8-15-5-3-2-4-6-15)25-19(28)12-27-13-24-20-17-11-16(23)9-10-18(17)26-21(20)22(27)29/h2-6,9-11,13-14,26H,7-8,12H2,1H3,(H,25,28)/t14-/m0/s1. The van der Waals surface area contributed by atoms with Gasteiger partial charge in [0.1, 0.15) is 17.6 Å². The zero-order valence-electron chi connectivity index (χ0n) is 16.0. The molecule has 6 nitrogen and oxygen atoms in total. The van der Waals surface area contributed by atoms with Gasteiger partial charge in [-0.2, -0.15) is 0 Å². The number of H-pyrrole nitrogens is 1. The first-order valence-electron chi connectivity index (χ1n) is 9.51. The minimum atomic E-state index is -0.255. The monoisotopic (exact) mass is 452 g/mol. The molecule has 7 heteroatoms. The van der Waals surface area contributed by atoms with Gasteiger partial charge in [0, 0.05) is 21.4 Å². The third kappa shape index (κ3) is 4.24. The van der Waals surface area contributed by atoms with Crippen LogP contribution in [0.15, 0.2) is 64.1 Å². The largest absolute Gasteiger partial charge is 0.352 e. The Morgan fingerprint density at radius 1 is 1.24 bits per heavy atom. The molecule has 0 saturated carbocycles. The van der Waals surface area contributed by atoms with Gasteiger partial charge in [0.15, 0.2) is 0 Å². The highest BCUT2D eigenvalue weighted by atomic mass is 79.9. The number of nitrogens with one attached hydrogen (secondary N) is 2. The van der Waals surface area contributed by atoms with E-state index in [2.05, 4.69) is 43.3 Å². The number of aromatic amines is 1. The average Bonchev–Trinajstić information content (AvgIpc) is 3.08. The predicted molar refractivity (Wildman–Crippen MR) is 118 cm³/mol. The number of carbonyl (C=O) groups is 1. The van der Waals surface area contributed by atoms with Crippen molar-refractivity contribution in [3.63, 3.8) is 0 Å². The summed E-state index contributed by atoms with van der Waals surface area (Å²) in [6, 6.07) is 15.9. The summed E-state index contributed by atoms with van der Waals surface area (Å²) in [4.78, 5) is 32.8. The number of amides is 1. The summed E-state index contributed by atoms with van der Waals surface area (Å²) in [5, 5.41) is 3.84. The summed E-state index contributed by atoms with van der Waals surface area (Å²) in [6.07, 6.45) is 3.16. The third-order valence-electron chi connectivity index (χ3n) is 4.96. The molecule has 148 valence electrons. The zero-order valence-corrected chi connectivity index (χ0v) is 17.6. The first-order chi connectivity index (χ1) is 14.0. The van der Waals surface area contributed by atoms with E-state index in [-0.39, 0.29) is 24.1 Å². The fourth-order valence-electron chi connectivity index (χ4n) is 3.45. The smallest absolute Gasteiger partial charge is 0.278 e. The number of fused-ring (bicyclic) bond motifs is 3. The van der Waals surface area contributed by atoms with E-state index in [9.17, 15) is 9.59 Å². The van der Waals surface area contributed by atoms with Crippen molar-refractivity contribution in [2.24, 2.45) is 0 Å². The Balaban J connectivity index is 1.46. The Kier molecular flexibility index (Phi) is 5.49. The third-order valence-corrected chi connectivity index (χ3v) is 5.46. The molecule has 0 fully saturated rings. The molecule has 2 N–H and O–H groups in total. The number of rotatable bonds is 6. The highest BCUT2D eigenvalue weighted by Crippen LogP contribution is 2.24. The van der Waals surface area contributed by atoms with Gasteiger partial charge in [-0.15, -0.1) is 0 Å². The van der Waals surface area contributed by atoms with Crippen molar-refractivity contribution in [1.29, 1.82) is 0 Å². The fourth-order valence-corrected chi connectivity index (χ4v) is 3.81. The molecule has 0 aliphatic carbocycles. The van der Waals surface area contributed by atoms with Crippen molar-refractivity contribution in [3.8, 4) is 0 Å². The maximum absolute atomic E-state index is 12.8. The Labute approximate surface area is 176 Å². The highest BCUT2D eigenvalue weighted by molar-refractivity contribution is 9.10. The van der Waals surface area contributed by atoms with Crippen LogP contribution in [0.1, 0.15) is 18.9 Å². The van der Waals surface area contributed by atoms with Gasteiger partial charge in [0.25, 0.3) is 5.56 Å². The molecule has 2 aromatic carbocycles. The molecule has 1 amide bonds. The van der Waals surface area contributed by atoms with Crippen LogP contribution in [-0.4, -0.2) is 26.5 Å². The van der Waals surface area contributed by atoms with Crippen molar-refractivity contribution < 1.29 is 4.79 Å². The SMILES string of the molecule is C[C@@H](CCc1ccccc1)NC(=O)Cn1cnc2c([nH]c3ccc(Br)cc32)c1=O. The maximum atomic E-state index is 12.8. The number of halogens is 1. The highest BCUT2D eigenvalue weighted by Gasteiger charge is 2.14. The van der Waals surface area contributed by atoms with Gasteiger partial charge in [-0.1, -0.05) is 46.3 Å². The molecule has 0 spiro atoms. The molecule has 0 radical (unpaired) electrons. The van der Waals surface area contributed by atoms with Gasteiger partial charge in [-0.05, 0) is 43.5 Å². The predicted octanol–water partition coefficient (Wildman–Crippen LogP) is 3.78. The number of aryl methyl sites for hydroxylation is 1. The molecule has 4 rings (SSSR count). The first-order valence-corrected chi connectivity index (χ1v) is 10.3. The van der Waals surface area contributed by atoms with E-state index in [4.69, 9.17) is 0 Å². The molecule has 2 heterocycles. The van der Waals surface area contributed by atoms with Crippen molar-refractivity contribution in [2.45, 2.75) is 32.4 Å². The lowest BCUT2D eigenvalue weighted by Gasteiger charge is -2.14. The van der Waals surface area contributed by atoms with E-state index < -0.39 is 0 Å². The normalized spacial score (nSPS) is 12.3. The Morgan fingerprint density at radius 2 is 2.03 bits per heavy atom. The number of carbonyl (C=O) groups excluding carboxylic acids is 1. The molecule has 0 aliphatic heterocycles. The van der Waals surface area contributed by atoms with Crippen molar-refractivity contribution in [2.75, 3.05) is 0 Å². The molecular weight excluding hydrogens is 432 g/mol. The summed E-state index contributed by atoms with van der Waals surface area (Å²) < 4.78 is 2.26. The number of nitrogens with zero attached hydrogens (tertiary/aromatic N) is 2. The number of hydrogen-bond acceptors (Lipinski definition) is 3. The maximum Gasteiger partial charge on any atom is 0.278 e. The van der Waals surface area contributed by atoms with Crippen LogP contribution in [0.2, 0.25) is 0 Å².